The Balaban J connectivity index is 1.95. The number of aromatic nitrogens is 2. The van der Waals surface area contributed by atoms with Gasteiger partial charge in [-0.15, -0.1) is 0 Å². The molecule has 1 aromatic heterocycles. The van der Waals surface area contributed by atoms with E-state index in [9.17, 15) is 18.4 Å². The zero-order valence-corrected chi connectivity index (χ0v) is 16.9. The van der Waals surface area contributed by atoms with Crippen LogP contribution in [0.4, 0.5) is 8.78 Å². The lowest BCUT2D eigenvalue weighted by atomic mass is 10.1. The van der Waals surface area contributed by atoms with Gasteiger partial charge in [-0.25, -0.2) is 13.5 Å². The van der Waals surface area contributed by atoms with Gasteiger partial charge >= 0.3 is 5.97 Å². The summed E-state index contributed by atoms with van der Waals surface area (Å²) in [5.74, 6) is -2.33. The third-order valence-corrected chi connectivity index (χ3v) is 4.97. The van der Waals surface area contributed by atoms with Gasteiger partial charge in [-0.1, -0.05) is 13.8 Å². The van der Waals surface area contributed by atoms with Crippen molar-refractivity contribution in [2.24, 2.45) is 5.92 Å². The average molecular weight is 405 g/mol. The molecule has 3 rings (SSSR count). The Morgan fingerprint density at radius 3 is 2.66 bits per heavy atom. The first-order valence-corrected chi connectivity index (χ1v) is 9.74. The van der Waals surface area contributed by atoms with E-state index >= 15 is 0 Å². The highest BCUT2D eigenvalue weighted by Crippen LogP contribution is 2.29. The fraction of sp³-hybridized carbons (Fsp3) is 0.476. The van der Waals surface area contributed by atoms with Gasteiger partial charge < -0.3 is 9.64 Å². The Morgan fingerprint density at radius 1 is 1.24 bits per heavy atom. The Kier molecular flexibility index (Phi) is 6.30. The summed E-state index contributed by atoms with van der Waals surface area (Å²) in [6.45, 7) is 4.69. The Hall–Kier alpha value is -2.77. The van der Waals surface area contributed by atoms with Crippen molar-refractivity contribution in [2.75, 3.05) is 20.2 Å². The highest BCUT2D eigenvalue weighted by molar-refractivity contribution is 5.94. The molecule has 0 saturated carbocycles. The van der Waals surface area contributed by atoms with Crippen molar-refractivity contribution in [3.8, 4) is 5.69 Å². The number of ether oxygens (including phenoxy) is 1. The number of fused-ring (bicyclic) bond motifs is 1. The topological polar surface area (TPSA) is 64.4 Å². The van der Waals surface area contributed by atoms with Crippen molar-refractivity contribution in [3.05, 3.63) is 46.8 Å². The zero-order chi connectivity index (χ0) is 21.1. The smallest absolute Gasteiger partial charge is 0.307 e. The number of esters is 1. The van der Waals surface area contributed by atoms with Crippen molar-refractivity contribution in [3.63, 3.8) is 0 Å². The summed E-state index contributed by atoms with van der Waals surface area (Å²) < 4.78 is 33.3. The number of hydrogen-bond donors (Lipinski definition) is 0. The number of amides is 1. The van der Waals surface area contributed by atoms with E-state index in [0.29, 0.717) is 30.8 Å². The monoisotopic (exact) mass is 405 g/mol. The fourth-order valence-electron chi connectivity index (χ4n) is 3.63. The van der Waals surface area contributed by atoms with Crippen LogP contribution in [0.1, 0.15) is 48.4 Å². The summed E-state index contributed by atoms with van der Waals surface area (Å²) in [4.78, 5) is 26.4. The molecule has 0 N–H and O–H groups in total. The highest BCUT2D eigenvalue weighted by Gasteiger charge is 2.30. The van der Waals surface area contributed by atoms with Crippen molar-refractivity contribution in [1.82, 2.24) is 14.7 Å². The molecule has 2 aromatic rings. The van der Waals surface area contributed by atoms with Crippen LogP contribution in [0.3, 0.4) is 0 Å². The summed E-state index contributed by atoms with van der Waals surface area (Å²) in [6, 6.07) is 3.58. The molecular weight excluding hydrogens is 380 g/mol. The number of benzene rings is 1. The number of rotatable bonds is 7. The molecule has 0 bridgehead atoms. The second kappa shape index (κ2) is 8.71. The number of carbonyl (C=O) groups is 2. The van der Waals surface area contributed by atoms with Crippen LogP contribution in [0.25, 0.3) is 5.69 Å². The summed E-state index contributed by atoms with van der Waals surface area (Å²) in [5, 5.41) is 4.47. The van der Waals surface area contributed by atoms with E-state index in [4.69, 9.17) is 0 Å². The lowest BCUT2D eigenvalue weighted by Crippen LogP contribution is -2.36. The third kappa shape index (κ3) is 4.46. The molecule has 1 heterocycles. The van der Waals surface area contributed by atoms with Gasteiger partial charge in [-0.3, -0.25) is 9.59 Å². The maximum atomic E-state index is 13.7. The fourth-order valence-corrected chi connectivity index (χ4v) is 3.63. The van der Waals surface area contributed by atoms with Crippen molar-refractivity contribution in [2.45, 2.75) is 39.5 Å². The van der Waals surface area contributed by atoms with Gasteiger partial charge in [0.1, 0.15) is 0 Å². The highest BCUT2D eigenvalue weighted by atomic mass is 19.2. The molecule has 6 nitrogen and oxygen atoms in total. The molecule has 0 aliphatic heterocycles. The molecule has 0 fully saturated rings. The van der Waals surface area contributed by atoms with Crippen LogP contribution in [-0.2, 0) is 22.4 Å². The molecule has 0 spiro atoms. The van der Waals surface area contributed by atoms with Crippen molar-refractivity contribution < 1.29 is 23.1 Å². The lowest BCUT2D eigenvalue weighted by Gasteiger charge is -2.23. The van der Waals surface area contributed by atoms with Gasteiger partial charge in [0.05, 0.1) is 19.2 Å². The molecule has 1 amide bonds. The van der Waals surface area contributed by atoms with E-state index in [0.717, 1.165) is 29.8 Å². The van der Waals surface area contributed by atoms with E-state index in [2.05, 4.69) is 9.84 Å². The molecule has 1 aliphatic rings. The average Bonchev–Trinajstić information content (AvgIpc) is 3.29. The third-order valence-electron chi connectivity index (χ3n) is 4.97. The minimum atomic E-state index is -0.961. The molecule has 1 aromatic carbocycles. The quantitative estimate of drug-likeness (QED) is 0.663. The molecule has 0 unspecified atom stereocenters. The Bertz CT molecular complexity index is 924. The molecule has 0 saturated heterocycles. The molecule has 156 valence electrons. The van der Waals surface area contributed by atoms with Gasteiger partial charge in [-0.05, 0) is 37.3 Å². The normalized spacial score (nSPS) is 12.9. The predicted molar refractivity (Wildman–Crippen MR) is 103 cm³/mol. The zero-order valence-electron chi connectivity index (χ0n) is 16.9. The molecule has 29 heavy (non-hydrogen) atoms. The molecule has 8 heteroatoms. The maximum Gasteiger partial charge on any atom is 0.307 e. The number of carbonyl (C=O) groups excluding carboxylic acids is 2. The van der Waals surface area contributed by atoms with Crippen LogP contribution < -0.4 is 0 Å². The van der Waals surface area contributed by atoms with Gasteiger partial charge in [0, 0.05) is 30.4 Å². The lowest BCUT2D eigenvalue weighted by molar-refractivity contribution is -0.140. The van der Waals surface area contributed by atoms with Crippen molar-refractivity contribution in [1.29, 1.82) is 0 Å². The van der Waals surface area contributed by atoms with Crippen LogP contribution in [0.2, 0.25) is 0 Å². The summed E-state index contributed by atoms with van der Waals surface area (Å²) in [7, 11) is 1.31. The van der Waals surface area contributed by atoms with E-state index in [1.165, 1.54) is 17.9 Å². The first-order chi connectivity index (χ1) is 13.8. The van der Waals surface area contributed by atoms with E-state index in [1.807, 2.05) is 13.8 Å². The molecule has 1 aliphatic carbocycles. The summed E-state index contributed by atoms with van der Waals surface area (Å²) >= 11 is 0. The SMILES string of the molecule is COC(=O)CCN(CC(C)C)C(=O)c1nn(-c2ccc(F)c(F)c2)c2c1CCC2. The Morgan fingerprint density at radius 2 is 2.00 bits per heavy atom. The number of methoxy groups -OCH3 is 1. The largest absolute Gasteiger partial charge is 0.469 e. The number of hydrogen-bond acceptors (Lipinski definition) is 4. The van der Waals surface area contributed by atoms with Crippen LogP contribution in [0, 0.1) is 17.6 Å². The second-order valence-corrected chi connectivity index (χ2v) is 7.61. The minimum Gasteiger partial charge on any atom is -0.469 e. The van der Waals surface area contributed by atoms with E-state index in [1.54, 1.807) is 4.90 Å². The predicted octanol–water partition coefficient (Wildman–Crippen LogP) is 3.30. The van der Waals surface area contributed by atoms with Crippen LogP contribution in [0.5, 0.6) is 0 Å². The standard InChI is InChI=1S/C21H25F2N3O3/c1-13(2)12-25(10-9-19(27)29-3)21(28)20-15-5-4-6-18(15)26(24-20)14-7-8-16(22)17(23)11-14/h7-8,11,13H,4-6,9-10,12H2,1-3H3. The maximum absolute atomic E-state index is 13.7. The first kappa shape index (κ1) is 21.0. The summed E-state index contributed by atoms with van der Waals surface area (Å²) in [6.07, 6.45) is 2.37. The summed E-state index contributed by atoms with van der Waals surface area (Å²) in [5.41, 5.74) is 2.38. The molecule has 0 radical (unpaired) electrons. The van der Waals surface area contributed by atoms with Gasteiger partial charge in [0.15, 0.2) is 17.3 Å². The van der Waals surface area contributed by atoms with Gasteiger partial charge in [-0.2, -0.15) is 5.10 Å². The first-order valence-electron chi connectivity index (χ1n) is 9.74. The minimum absolute atomic E-state index is 0.0982. The van der Waals surface area contributed by atoms with Crippen molar-refractivity contribution >= 4 is 11.9 Å². The number of nitrogens with zero attached hydrogens (tertiary/aromatic N) is 3. The molecule has 0 atom stereocenters. The Labute approximate surface area is 168 Å². The second-order valence-electron chi connectivity index (χ2n) is 7.61. The van der Waals surface area contributed by atoms with E-state index in [-0.39, 0.29) is 30.8 Å². The van der Waals surface area contributed by atoms with Crippen LogP contribution >= 0.6 is 0 Å². The van der Waals surface area contributed by atoms with E-state index < -0.39 is 11.6 Å². The van der Waals surface area contributed by atoms with Gasteiger partial charge in [0.2, 0.25) is 0 Å². The van der Waals surface area contributed by atoms with Gasteiger partial charge in [0.25, 0.3) is 5.91 Å². The van der Waals surface area contributed by atoms with Crippen LogP contribution in [0.15, 0.2) is 18.2 Å². The number of halogens is 2. The molecular formula is C21H25F2N3O3. The van der Waals surface area contributed by atoms with Crippen LogP contribution in [-0.4, -0.2) is 46.8 Å².